The second kappa shape index (κ2) is 6.82. The van der Waals surface area contributed by atoms with Gasteiger partial charge in [-0.2, -0.15) is 0 Å². The first kappa shape index (κ1) is 17.4. The van der Waals surface area contributed by atoms with Crippen molar-refractivity contribution in [1.29, 1.82) is 0 Å². The van der Waals surface area contributed by atoms with Crippen molar-refractivity contribution in [2.45, 2.75) is 20.4 Å². The molecular weight excluding hydrogens is 360 g/mol. The van der Waals surface area contributed by atoms with Crippen LogP contribution in [0.4, 0.5) is 5.69 Å². The molecule has 7 heteroatoms. The highest BCUT2D eigenvalue weighted by Gasteiger charge is 2.16. The highest BCUT2D eigenvalue weighted by atomic mass is 35.5. The number of carboxylic acids is 1. The first-order chi connectivity index (χ1) is 11.9. The van der Waals surface area contributed by atoms with Gasteiger partial charge < -0.3 is 9.67 Å². The Morgan fingerprint density at radius 1 is 1.44 bits per heavy atom. The number of hydrogen-bond donors (Lipinski definition) is 1. The van der Waals surface area contributed by atoms with E-state index in [2.05, 4.69) is 4.99 Å². The minimum absolute atomic E-state index is 0.221. The molecule has 2 aromatic heterocycles. The van der Waals surface area contributed by atoms with E-state index in [1.54, 1.807) is 22.9 Å². The molecule has 0 fully saturated rings. The number of thiophene rings is 1. The van der Waals surface area contributed by atoms with Crippen LogP contribution in [0.2, 0.25) is 5.02 Å². The number of halogens is 1. The predicted octanol–water partition coefficient (Wildman–Crippen LogP) is 4.49. The van der Waals surface area contributed by atoms with Crippen molar-refractivity contribution in [1.82, 2.24) is 4.57 Å². The Morgan fingerprint density at radius 2 is 2.20 bits per heavy atom. The van der Waals surface area contributed by atoms with Crippen LogP contribution < -0.4 is 5.43 Å². The summed E-state index contributed by atoms with van der Waals surface area (Å²) < 4.78 is 1.77. The second-order valence-electron chi connectivity index (χ2n) is 5.47. The standard InChI is InChI=1S/C18H15ClN2O3S/c1-3-21-9-13(18(23)24)16(22)12-7-11(25-17(12)21)8-20-15-6-4-5-14(19)10(15)2/h4-9H,3H2,1-2H3,(H,23,24). The van der Waals surface area contributed by atoms with Gasteiger partial charge in [-0.15, -0.1) is 11.3 Å². The summed E-state index contributed by atoms with van der Waals surface area (Å²) in [6.45, 7) is 4.36. The number of aromatic carboxylic acids is 1. The summed E-state index contributed by atoms with van der Waals surface area (Å²) in [4.78, 5) is 29.6. The number of nitrogens with zero attached hydrogens (tertiary/aromatic N) is 2. The van der Waals surface area contributed by atoms with Gasteiger partial charge in [0.15, 0.2) is 0 Å². The molecule has 0 saturated carbocycles. The van der Waals surface area contributed by atoms with Crippen molar-refractivity contribution >= 4 is 51.0 Å². The third kappa shape index (κ3) is 3.23. The largest absolute Gasteiger partial charge is 0.477 e. The van der Waals surface area contributed by atoms with Gasteiger partial charge in [-0.3, -0.25) is 9.79 Å². The summed E-state index contributed by atoms with van der Waals surface area (Å²) in [6.07, 6.45) is 3.06. The zero-order valence-electron chi connectivity index (χ0n) is 13.6. The van der Waals surface area contributed by atoms with Crippen LogP contribution in [0.25, 0.3) is 10.2 Å². The van der Waals surface area contributed by atoms with Gasteiger partial charge in [-0.1, -0.05) is 17.7 Å². The van der Waals surface area contributed by atoms with Gasteiger partial charge in [0.25, 0.3) is 0 Å². The van der Waals surface area contributed by atoms with Gasteiger partial charge in [0.1, 0.15) is 10.4 Å². The molecule has 128 valence electrons. The van der Waals surface area contributed by atoms with Gasteiger partial charge in [0, 0.05) is 28.9 Å². The average molecular weight is 375 g/mol. The zero-order chi connectivity index (χ0) is 18.1. The molecule has 3 rings (SSSR count). The number of aryl methyl sites for hydroxylation is 1. The van der Waals surface area contributed by atoms with Crippen molar-refractivity contribution in [3.05, 3.63) is 61.7 Å². The summed E-state index contributed by atoms with van der Waals surface area (Å²) in [5.41, 5.74) is 0.938. The molecule has 1 N–H and O–H groups in total. The summed E-state index contributed by atoms with van der Waals surface area (Å²) in [7, 11) is 0. The zero-order valence-corrected chi connectivity index (χ0v) is 15.2. The first-order valence-corrected chi connectivity index (χ1v) is 8.81. The third-order valence-corrected chi connectivity index (χ3v) is 5.42. The molecule has 25 heavy (non-hydrogen) atoms. The fourth-order valence-electron chi connectivity index (χ4n) is 2.51. The molecule has 0 aliphatic carbocycles. The quantitative estimate of drug-likeness (QED) is 0.683. The molecule has 3 aromatic rings. The molecule has 0 atom stereocenters. The molecule has 0 saturated heterocycles. The number of carboxylic acid groups (broad SMARTS) is 1. The van der Waals surface area contributed by atoms with Crippen LogP contribution in [0.1, 0.15) is 27.7 Å². The Labute approximate surface area is 152 Å². The van der Waals surface area contributed by atoms with Gasteiger partial charge >= 0.3 is 5.97 Å². The number of benzene rings is 1. The normalized spacial score (nSPS) is 11.5. The topological polar surface area (TPSA) is 71.7 Å². The lowest BCUT2D eigenvalue weighted by Gasteiger charge is -2.05. The number of rotatable bonds is 4. The molecule has 2 heterocycles. The number of pyridine rings is 1. The van der Waals surface area contributed by atoms with Crippen LogP contribution in [0.3, 0.4) is 0 Å². The molecule has 0 bridgehead atoms. The molecule has 5 nitrogen and oxygen atoms in total. The lowest BCUT2D eigenvalue weighted by molar-refractivity contribution is 0.0695. The number of aromatic nitrogens is 1. The molecular formula is C18H15ClN2O3S. The number of carbonyl (C=O) groups is 1. The molecule has 0 unspecified atom stereocenters. The van der Waals surface area contributed by atoms with Gasteiger partial charge in [0.05, 0.1) is 11.1 Å². The van der Waals surface area contributed by atoms with Crippen molar-refractivity contribution in [3.63, 3.8) is 0 Å². The second-order valence-corrected chi connectivity index (χ2v) is 6.94. The predicted molar refractivity (Wildman–Crippen MR) is 102 cm³/mol. The summed E-state index contributed by atoms with van der Waals surface area (Å²) in [5.74, 6) is -1.22. The Bertz CT molecular complexity index is 1070. The van der Waals surface area contributed by atoms with E-state index in [1.165, 1.54) is 17.5 Å². The minimum Gasteiger partial charge on any atom is -0.477 e. The van der Waals surface area contributed by atoms with Crippen molar-refractivity contribution in [3.8, 4) is 0 Å². The molecule has 0 amide bonds. The van der Waals surface area contributed by atoms with E-state index in [-0.39, 0.29) is 5.56 Å². The van der Waals surface area contributed by atoms with E-state index < -0.39 is 11.4 Å². The maximum atomic E-state index is 12.4. The van der Waals surface area contributed by atoms with E-state index in [9.17, 15) is 14.7 Å². The molecule has 0 aliphatic heterocycles. The van der Waals surface area contributed by atoms with Crippen LogP contribution in [0, 0.1) is 6.92 Å². The van der Waals surface area contributed by atoms with Crippen molar-refractivity contribution in [2.75, 3.05) is 0 Å². The van der Waals surface area contributed by atoms with Gasteiger partial charge in [0.2, 0.25) is 5.43 Å². The van der Waals surface area contributed by atoms with Gasteiger partial charge in [-0.05, 0) is 37.6 Å². The summed E-state index contributed by atoms with van der Waals surface area (Å²) >= 11 is 7.50. The van der Waals surface area contributed by atoms with E-state index in [4.69, 9.17) is 11.6 Å². The Morgan fingerprint density at radius 3 is 2.88 bits per heavy atom. The molecule has 0 spiro atoms. The highest BCUT2D eigenvalue weighted by molar-refractivity contribution is 7.20. The van der Waals surface area contributed by atoms with Crippen LogP contribution in [0.5, 0.6) is 0 Å². The Balaban J connectivity index is 2.11. The first-order valence-electron chi connectivity index (χ1n) is 7.61. The fourth-order valence-corrected chi connectivity index (χ4v) is 3.75. The smallest absolute Gasteiger partial charge is 0.341 e. The maximum absolute atomic E-state index is 12.4. The Hall–Kier alpha value is -2.44. The molecule has 1 aromatic carbocycles. The van der Waals surface area contributed by atoms with E-state index >= 15 is 0 Å². The number of fused-ring (bicyclic) bond motifs is 1. The van der Waals surface area contributed by atoms with E-state index in [0.29, 0.717) is 17.0 Å². The minimum atomic E-state index is -1.22. The SMILES string of the molecule is CCn1cc(C(=O)O)c(=O)c2cc(C=Nc3cccc(Cl)c3C)sc21. The maximum Gasteiger partial charge on any atom is 0.341 e. The van der Waals surface area contributed by atoms with Crippen LogP contribution in [-0.4, -0.2) is 21.9 Å². The van der Waals surface area contributed by atoms with Crippen molar-refractivity contribution in [2.24, 2.45) is 4.99 Å². The van der Waals surface area contributed by atoms with Gasteiger partial charge in [-0.25, -0.2) is 4.79 Å². The van der Waals surface area contributed by atoms with Crippen molar-refractivity contribution < 1.29 is 9.90 Å². The average Bonchev–Trinajstić information content (AvgIpc) is 3.01. The van der Waals surface area contributed by atoms with E-state index in [0.717, 1.165) is 21.0 Å². The number of hydrogen-bond acceptors (Lipinski definition) is 4. The van der Waals surface area contributed by atoms with Crippen LogP contribution >= 0.6 is 22.9 Å². The van der Waals surface area contributed by atoms with Crippen LogP contribution in [-0.2, 0) is 6.54 Å². The summed E-state index contributed by atoms with van der Waals surface area (Å²) in [6, 6.07) is 7.17. The lowest BCUT2D eigenvalue weighted by Crippen LogP contribution is -2.17. The summed E-state index contributed by atoms with van der Waals surface area (Å²) in [5, 5.41) is 10.3. The van der Waals surface area contributed by atoms with E-state index in [1.807, 2.05) is 26.0 Å². The molecule has 0 aliphatic rings. The highest BCUT2D eigenvalue weighted by Crippen LogP contribution is 2.27. The van der Waals surface area contributed by atoms with Crippen LogP contribution in [0.15, 0.2) is 40.2 Å². The monoisotopic (exact) mass is 374 g/mol. The number of aliphatic imine (C=N–C) groups is 1. The molecule has 0 radical (unpaired) electrons. The Kier molecular flexibility index (Phi) is 4.74. The third-order valence-electron chi connectivity index (χ3n) is 3.91. The fraction of sp³-hybridized carbons (Fsp3) is 0.167. The lowest BCUT2D eigenvalue weighted by atomic mass is 10.2.